The van der Waals surface area contributed by atoms with Crippen molar-refractivity contribution in [2.45, 2.75) is 19.1 Å². The fraction of sp³-hybridized carbons (Fsp3) is 0.333. The number of hydrogen-bond donors (Lipinski definition) is 2. The number of hydrogen-bond acceptors (Lipinski definition) is 5. The van der Waals surface area contributed by atoms with Crippen LogP contribution in [-0.4, -0.2) is 46.7 Å². The summed E-state index contributed by atoms with van der Waals surface area (Å²) >= 11 is 0. The van der Waals surface area contributed by atoms with E-state index in [1.165, 1.54) is 17.8 Å². The number of pyridine rings is 1. The van der Waals surface area contributed by atoms with Crippen LogP contribution in [0.15, 0.2) is 48.7 Å². The Morgan fingerprint density at radius 2 is 2.12 bits per heavy atom. The van der Waals surface area contributed by atoms with Crippen LogP contribution in [0.5, 0.6) is 5.75 Å². The van der Waals surface area contributed by atoms with Crippen molar-refractivity contribution in [2.75, 3.05) is 25.0 Å². The molecule has 1 aliphatic heterocycles. The highest BCUT2D eigenvalue weighted by atomic mass is 16.5. The van der Waals surface area contributed by atoms with Gasteiger partial charge in [0.25, 0.3) is 0 Å². The molecule has 0 bridgehead atoms. The highest BCUT2D eigenvalue weighted by Crippen LogP contribution is 2.19. The molecule has 6 nitrogen and oxygen atoms in total. The lowest BCUT2D eigenvalue weighted by atomic mass is 10.1. The molecule has 1 atom stereocenters. The van der Waals surface area contributed by atoms with E-state index in [0.717, 1.165) is 13.1 Å². The number of rotatable bonds is 5. The summed E-state index contributed by atoms with van der Waals surface area (Å²) < 4.78 is 5.70. The number of nitrogens with zero attached hydrogens (tertiary/aromatic N) is 2. The number of aromatic nitrogens is 1. The molecule has 0 radical (unpaired) electrons. The van der Waals surface area contributed by atoms with Gasteiger partial charge in [-0.05, 0) is 17.7 Å². The smallest absolute Gasteiger partial charge is 0.228 e. The van der Waals surface area contributed by atoms with Crippen molar-refractivity contribution in [3.63, 3.8) is 0 Å². The molecule has 1 aliphatic rings. The van der Waals surface area contributed by atoms with Crippen LogP contribution in [0.2, 0.25) is 0 Å². The summed E-state index contributed by atoms with van der Waals surface area (Å²) in [5, 5.41) is 12.3. The molecule has 1 saturated heterocycles. The third-order valence-corrected chi connectivity index (χ3v) is 3.93. The predicted octanol–water partition coefficient (Wildman–Crippen LogP) is 2.02. The number of ether oxygens (including phenoxy) is 1. The molecule has 0 aliphatic carbocycles. The lowest BCUT2D eigenvalue weighted by Gasteiger charge is -2.32. The van der Waals surface area contributed by atoms with Crippen LogP contribution in [0.4, 0.5) is 5.82 Å². The van der Waals surface area contributed by atoms with Crippen LogP contribution >= 0.6 is 0 Å². The lowest BCUT2D eigenvalue weighted by molar-refractivity contribution is -0.121. The Bertz CT molecular complexity index is 678. The molecular formula is C18H21N3O3. The molecule has 3 rings (SSSR count). The van der Waals surface area contributed by atoms with E-state index in [9.17, 15) is 9.90 Å². The minimum Gasteiger partial charge on any atom is -0.504 e. The van der Waals surface area contributed by atoms with Crippen LogP contribution in [-0.2, 0) is 16.1 Å². The number of carbonyl (C=O) groups excluding carboxylic acids is 1. The number of benzene rings is 1. The fourth-order valence-electron chi connectivity index (χ4n) is 2.77. The first-order valence-electron chi connectivity index (χ1n) is 8.02. The summed E-state index contributed by atoms with van der Waals surface area (Å²) in [7, 11) is 0. The summed E-state index contributed by atoms with van der Waals surface area (Å²) in [6, 6.07) is 13.4. The maximum atomic E-state index is 12.1. The number of carbonyl (C=O) groups is 1. The van der Waals surface area contributed by atoms with Gasteiger partial charge in [0.15, 0.2) is 11.6 Å². The molecule has 2 heterocycles. The zero-order valence-electron chi connectivity index (χ0n) is 13.4. The molecule has 0 unspecified atom stereocenters. The van der Waals surface area contributed by atoms with Crippen molar-refractivity contribution in [1.29, 1.82) is 0 Å². The van der Waals surface area contributed by atoms with Crippen LogP contribution in [0.3, 0.4) is 0 Å². The van der Waals surface area contributed by atoms with E-state index in [1.807, 2.05) is 18.2 Å². The van der Waals surface area contributed by atoms with Gasteiger partial charge in [-0.2, -0.15) is 0 Å². The third-order valence-electron chi connectivity index (χ3n) is 3.93. The minimum atomic E-state index is -0.212. The molecule has 0 saturated carbocycles. The van der Waals surface area contributed by atoms with E-state index < -0.39 is 0 Å². The standard InChI is InChI=1S/C18H21N3O3/c22-16-7-4-8-19-18(16)20-17(23)11-15-13-21(9-10-24-15)12-14-5-2-1-3-6-14/h1-8,15,22H,9-13H2,(H,19,20,23)/t15-/m1/s1. The zero-order chi connectivity index (χ0) is 16.8. The third kappa shape index (κ3) is 4.53. The SMILES string of the molecule is O=C(C[C@@H]1CN(Cc2ccccc2)CCO1)Nc1ncccc1O. The van der Waals surface area contributed by atoms with E-state index >= 15 is 0 Å². The highest BCUT2D eigenvalue weighted by molar-refractivity contribution is 5.91. The largest absolute Gasteiger partial charge is 0.504 e. The first-order chi connectivity index (χ1) is 11.7. The molecule has 1 amide bonds. The van der Waals surface area contributed by atoms with Gasteiger partial charge in [0.1, 0.15) is 0 Å². The summed E-state index contributed by atoms with van der Waals surface area (Å²) in [6.07, 6.45) is 1.60. The molecule has 6 heteroatoms. The highest BCUT2D eigenvalue weighted by Gasteiger charge is 2.23. The summed E-state index contributed by atoms with van der Waals surface area (Å²) in [5.74, 6) is -0.0730. The molecule has 2 aromatic rings. The van der Waals surface area contributed by atoms with Crippen LogP contribution in [0.25, 0.3) is 0 Å². The average molecular weight is 327 g/mol. The van der Waals surface area contributed by atoms with Gasteiger partial charge < -0.3 is 15.2 Å². The molecule has 126 valence electrons. The summed E-state index contributed by atoms with van der Waals surface area (Å²) in [6.45, 7) is 3.02. The fourth-order valence-corrected chi connectivity index (χ4v) is 2.77. The first kappa shape index (κ1) is 16.4. The first-order valence-corrected chi connectivity index (χ1v) is 8.02. The van der Waals surface area contributed by atoms with Gasteiger partial charge in [-0.3, -0.25) is 9.69 Å². The van der Waals surface area contributed by atoms with E-state index in [0.29, 0.717) is 13.2 Å². The van der Waals surface area contributed by atoms with Crippen molar-refractivity contribution in [3.8, 4) is 5.75 Å². The Labute approximate surface area is 141 Å². The van der Waals surface area contributed by atoms with E-state index in [4.69, 9.17) is 4.74 Å². The monoisotopic (exact) mass is 327 g/mol. The normalized spacial score (nSPS) is 18.2. The molecule has 24 heavy (non-hydrogen) atoms. The lowest BCUT2D eigenvalue weighted by Crippen LogP contribution is -2.43. The Balaban J connectivity index is 1.51. The van der Waals surface area contributed by atoms with Crippen LogP contribution in [0.1, 0.15) is 12.0 Å². The van der Waals surface area contributed by atoms with Crippen molar-refractivity contribution >= 4 is 11.7 Å². The Morgan fingerprint density at radius 3 is 2.92 bits per heavy atom. The Kier molecular flexibility index (Phi) is 5.40. The van der Waals surface area contributed by atoms with Crippen LogP contribution in [0, 0.1) is 0 Å². The Morgan fingerprint density at radius 1 is 1.29 bits per heavy atom. The number of aromatic hydroxyl groups is 1. The molecule has 1 aromatic carbocycles. The molecule has 1 fully saturated rings. The summed E-state index contributed by atoms with van der Waals surface area (Å²) in [5.41, 5.74) is 1.25. The van der Waals surface area contributed by atoms with Crippen molar-refractivity contribution in [3.05, 3.63) is 54.2 Å². The van der Waals surface area contributed by atoms with Crippen LogP contribution < -0.4 is 5.32 Å². The minimum absolute atomic E-state index is 0.0406. The van der Waals surface area contributed by atoms with Crippen molar-refractivity contribution < 1.29 is 14.6 Å². The quantitative estimate of drug-likeness (QED) is 0.879. The van der Waals surface area contributed by atoms with Gasteiger partial charge in [-0.25, -0.2) is 4.98 Å². The Hall–Kier alpha value is -2.44. The second-order valence-corrected chi connectivity index (χ2v) is 5.84. The molecular weight excluding hydrogens is 306 g/mol. The zero-order valence-corrected chi connectivity index (χ0v) is 13.4. The van der Waals surface area contributed by atoms with Gasteiger partial charge in [0, 0.05) is 25.8 Å². The van der Waals surface area contributed by atoms with Gasteiger partial charge in [-0.1, -0.05) is 30.3 Å². The number of amides is 1. The maximum Gasteiger partial charge on any atom is 0.228 e. The second kappa shape index (κ2) is 7.90. The van der Waals surface area contributed by atoms with E-state index in [2.05, 4.69) is 27.3 Å². The molecule has 1 aromatic heterocycles. The van der Waals surface area contributed by atoms with Gasteiger partial charge in [-0.15, -0.1) is 0 Å². The van der Waals surface area contributed by atoms with Gasteiger partial charge >= 0.3 is 0 Å². The molecule has 2 N–H and O–H groups in total. The second-order valence-electron chi connectivity index (χ2n) is 5.84. The van der Waals surface area contributed by atoms with Gasteiger partial charge in [0.2, 0.25) is 5.91 Å². The van der Waals surface area contributed by atoms with E-state index in [1.54, 1.807) is 6.07 Å². The number of anilines is 1. The predicted molar refractivity (Wildman–Crippen MR) is 90.6 cm³/mol. The van der Waals surface area contributed by atoms with E-state index in [-0.39, 0.29) is 30.0 Å². The topological polar surface area (TPSA) is 74.7 Å². The summed E-state index contributed by atoms with van der Waals surface area (Å²) in [4.78, 5) is 18.4. The maximum absolute atomic E-state index is 12.1. The number of nitrogens with one attached hydrogen (secondary N) is 1. The molecule has 0 spiro atoms. The van der Waals surface area contributed by atoms with Crippen molar-refractivity contribution in [2.24, 2.45) is 0 Å². The van der Waals surface area contributed by atoms with Gasteiger partial charge in [0.05, 0.1) is 19.1 Å². The van der Waals surface area contributed by atoms with Crippen molar-refractivity contribution in [1.82, 2.24) is 9.88 Å². The average Bonchev–Trinajstić information content (AvgIpc) is 2.58. The number of morpholine rings is 1.